The number of thioether (sulfide) groups is 1. The van der Waals surface area contributed by atoms with E-state index in [1.165, 1.54) is 29.7 Å². The molecule has 2 amide bonds. The van der Waals surface area contributed by atoms with E-state index in [4.69, 9.17) is 0 Å². The van der Waals surface area contributed by atoms with E-state index in [2.05, 4.69) is 5.32 Å². The van der Waals surface area contributed by atoms with Crippen molar-refractivity contribution in [3.63, 3.8) is 0 Å². The van der Waals surface area contributed by atoms with E-state index in [1.54, 1.807) is 20.8 Å². The molecule has 0 aliphatic carbocycles. The van der Waals surface area contributed by atoms with Crippen molar-refractivity contribution in [1.29, 1.82) is 0 Å². The van der Waals surface area contributed by atoms with E-state index in [0.29, 0.717) is 5.03 Å². The fourth-order valence-corrected chi connectivity index (χ4v) is 3.35. The molecule has 1 saturated heterocycles. The standard InChI is InChI=1S/C19H21F3N2O3S/c1-11(17(27)23-13-7-5-12(6-8-13)19(20,21)22)24-15(26)10-28-16(24)9-14(25)18(2,3)4/h5-9,11H,10H2,1-4H3,(H,23,27). The maximum atomic E-state index is 12.6. The Morgan fingerprint density at radius 3 is 2.25 bits per heavy atom. The molecule has 1 aromatic carbocycles. The molecule has 152 valence electrons. The molecule has 1 N–H and O–H groups in total. The number of alkyl halides is 3. The van der Waals surface area contributed by atoms with Crippen molar-refractivity contribution in [1.82, 2.24) is 4.90 Å². The van der Waals surface area contributed by atoms with Gasteiger partial charge in [-0.2, -0.15) is 13.2 Å². The Kier molecular flexibility index (Phi) is 6.27. The van der Waals surface area contributed by atoms with Gasteiger partial charge in [-0.3, -0.25) is 19.3 Å². The second-order valence-corrected chi connectivity index (χ2v) is 8.39. The van der Waals surface area contributed by atoms with Gasteiger partial charge in [0.15, 0.2) is 5.78 Å². The van der Waals surface area contributed by atoms with Gasteiger partial charge in [0.25, 0.3) is 0 Å². The SMILES string of the molecule is CC(C(=O)Nc1ccc(C(F)(F)F)cc1)N1C(=O)CSC1=CC(=O)C(C)(C)C. The quantitative estimate of drug-likeness (QED) is 0.755. The predicted octanol–water partition coefficient (Wildman–Crippen LogP) is 4.06. The fraction of sp³-hybridized carbons (Fsp3) is 0.421. The topological polar surface area (TPSA) is 66.5 Å². The third kappa shape index (κ3) is 5.15. The number of allylic oxidation sites excluding steroid dienone is 1. The van der Waals surface area contributed by atoms with E-state index < -0.39 is 29.1 Å². The Morgan fingerprint density at radius 2 is 1.75 bits per heavy atom. The lowest BCUT2D eigenvalue weighted by molar-refractivity contribution is -0.137. The monoisotopic (exact) mass is 414 g/mol. The van der Waals surface area contributed by atoms with Gasteiger partial charge in [0.1, 0.15) is 6.04 Å². The van der Waals surface area contributed by atoms with Crippen LogP contribution in [0.4, 0.5) is 18.9 Å². The Balaban J connectivity index is 2.15. The average Bonchev–Trinajstić information content (AvgIpc) is 2.93. The zero-order chi connectivity index (χ0) is 21.3. The number of ketones is 1. The molecule has 0 bridgehead atoms. The summed E-state index contributed by atoms with van der Waals surface area (Å²) in [5.74, 6) is -0.941. The summed E-state index contributed by atoms with van der Waals surface area (Å²) >= 11 is 1.17. The molecule has 0 radical (unpaired) electrons. The number of carbonyl (C=O) groups is 3. The van der Waals surface area contributed by atoms with Gasteiger partial charge in [-0.15, -0.1) is 0 Å². The van der Waals surface area contributed by atoms with E-state index in [-0.39, 0.29) is 23.1 Å². The summed E-state index contributed by atoms with van der Waals surface area (Å²) < 4.78 is 37.9. The molecule has 1 aliphatic heterocycles. The van der Waals surface area contributed by atoms with Crippen LogP contribution in [0, 0.1) is 5.41 Å². The van der Waals surface area contributed by atoms with Gasteiger partial charge in [0.2, 0.25) is 11.8 Å². The minimum Gasteiger partial charge on any atom is -0.324 e. The maximum Gasteiger partial charge on any atom is 0.416 e. The summed E-state index contributed by atoms with van der Waals surface area (Å²) in [5.41, 5.74) is -1.27. The van der Waals surface area contributed by atoms with Gasteiger partial charge in [0.05, 0.1) is 16.3 Å². The first-order valence-electron chi connectivity index (χ1n) is 8.50. The van der Waals surface area contributed by atoms with Crippen molar-refractivity contribution < 1.29 is 27.6 Å². The molecular formula is C19H21F3N2O3S. The van der Waals surface area contributed by atoms with Gasteiger partial charge in [-0.1, -0.05) is 32.5 Å². The number of amides is 2. The molecule has 1 fully saturated rings. The van der Waals surface area contributed by atoms with Gasteiger partial charge in [0, 0.05) is 17.2 Å². The lowest BCUT2D eigenvalue weighted by Crippen LogP contribution is -2.42. The zero-order valence-electron chi connectivity index (χ0n) is 15.9. The lowest BCUT2D eigenvalue weighted by Gasteiger charge is -2.25. The highest BCUT2D eigenvalue weighted by atomic mass is 32.2. The van der Waals surface area contributed by atoms with Crippen molar-refractivity contribution >= 4 is 35.0 Å². The summed E-state index contributed by atoms with van der Waals surface area (Å²) in [6.07, 6.45) is -3.11. The van der Waals surface area contributed by atoms with E-state index >= 15 is 0 Å². The van der Waals surface area contributed by atoms with Crippen LogP contribution in [0.5, 0.6) is 0 Å². The first-order valence-corrected chi connectivity index (χ1v) is 9.48. The number of hydrogen-bond acceptors (Lipinski definition) is 4. The molecule has 28 heavy (non-hydrogen) atoms. The molecule has 0 saturated carbocycles. The van der Waals surface area contributed by atoms with Crippen molar-refractivity contribution in [2.24, 2.45) is 5.41 Å². The van der Waals surface area contributed by atoms with Crippen molar-refractivity contribution in [2.75, 3.05) is 11.1 Å². The number of rotatable bonds is 4. The molecule has 1 unspecified atom stereocenters. The highest BCUT2D eigenvalue weighted by Gasteiger charge is 2.36. The lowest BCUT2D eigenvalue weighted by atomic mass is 9.91. The fourth-order valence-electron chi connectivity index (χ4n) is 2.35. The number of nitrogens with one attached hydrogen (secondary N) is 1. The van der Waals surface area contributed by atoms with Crippen LogP contribution >= 0.6 is 11.8 Å². The Morgan fingerprint density at radius 1 is 1.18 bits per heavy atom. The summed E-state index contributed by atoms with van der Waals surface area (Å²) in [4.78, 5) is 38.2. The van der Waals surface area contributed by atoms with Crippen LogP contribution in [0.2, 0.25) is 0 Å². The van der Waals surface area contributed by atoms with Crippen LogP contribution < -0.4 is 5.32 Å². The Hall–Kier alpha value is -2.29. The maximum absolute atomic E-state index is 12.6. The molecule has 1 aliphatic rings. The minimum absolute atomic E-state index is 0.112. The highest BCUT2D eigenvalue weighted by molar-refractivity contribution is 8.04. The Labute approximate surface area is 165 Å². The second-order valence-electron chi connectivity index (χ2n) is 7.39. The molecule has 5 nitrogen and oxygen atoms in total. The van der Waals surface area contributed by atoms with Crippen molar-refractivity contribution in [2.45, 2.75) is 39.9 Å². The first-order chi connectivity index (χ1) is 12.8. The van der Waals surface area contributed by atoms with Crippen LogP contribution in [0.1, 0.15) is 33.3 Å². The summed E-state index contributed by atoms with van der Waals surface area (Å²) in [6.45, 7) is 6.75. The Bertz CT molecular complexity index is 811. The molecule has 0 spiro atoms. The van der Waals surface area contributed by atoms with Crippen LogP contribution in [0.15, 0.2) is 35.4 Å². The third-order valence-corrected chi connectivity index (χ3v) is 5.09. The van der Waals surface area contributed by atoms with Crippen LogP contribution in [-0.2, 0) is 20.6 Å². The van der Waals surface area contributed by atoms with Crippen molar-refractivity contribution in [3.05, 3.63) is 40.9 Å². The average molecular weight is 414 g/mol. The zero-order valence-corrected chi connectivity index (χ0v) is 16.7. The number of hydrogen-bond donors (Lipinski definition) is 1. The highest BCUT2D eigenvalue weighted by Crippen LogP contribution is 2.33. The number of nitrogens with zero attached hydrogens (tertiary/aromatic N) is 1. The predicted molar refractivity (Wildman–Crippen MR) is 101 cm³/mol. The van der Waals surface area contributed by atoms with Crippen LogP contribution in [-0.4, -0.2) is 34.3 Å². The molecular weight excluding hydrogens is 393 g/mol. The molecule has 1 aromatic rings. The largest absolute Gasteiger partial charge is 0.416 e. The molecule has 9 heteroatoms. The summed E-state index contributed by atoms with van der Waals surface area (Å²) in [5, 5.41) is 2.89. The summed E-state index contributed by atoms with van der Waals surface area (Å²) in [7, 11) is 0. The molecule has 1 heterocycles. The van der Waals surface area contributed by atoms with E-state index in [9.17, 15) is 27.6 Å². The van der Waals surface area contributed by atoms with Gasteiger partial charge >= 0.3 is 6.18 Å². The summed E-state index contributed by atoms with van der Waals surface area (Å²) in [6, 6.07) is 3.10. The number of halogens is 3. The van der Waals surface area contributed by atoms with Gasteiger partial charge in [-0.05, 0) is 31.2 Å². The van der Waals surface area contributed by atoms with E-state index in [0.717, 1.165) is 24.3 Å². The first kappa shape index (κ1) is 22.0. The third-order valence-electron chi connectivity index (χ3n) is 4.09. The number of carbonyl (C=O) groups excluding carboxylic acids is 3. The molecule has 2 rings (SSSR count). The number of benzene rings is 1. The van der Waals surface area contributed by atoms with E-state index in [1.807, 2.05) is 0 Å². The minimum atomic E-state index is -4.46. The normalized spacial score (nSPS) is 17.8. The molecule has 0 aromatic heterocycles. The van der Waals surface area contributed by atoms with Crippen LogP contribution in [0.3, 0.4) is 0 Å². The number of anilines is 1. The van der Waals surface area contributed by atoms with Crippen LogP contribution in [0.25, 0.3) is 0 Å². The van der Waals surface area contributed by atoms with Gasteiger partial charge < -0.3 is 5.32 Å². The smallest absolute Gasteiger partial charge is 0.324 e. The second kappa shape index (κ2) is 7.98. The van der Waals surface area contributed by atoms with Crippen molar-refractivity contribution in [3.8, 4) is 0 Å². The van der Waals surface area contributed by atoms with Gasteiger partial charge in [-0.25, -0.2) is 0 Å². The molecule has 1 atom stereocenters.